The van der Waals surface area contributed by atoms with Crippen LogP contribution in [-0.2, 0) is 6.54 Å². The second-order valence-electron chi connectivity index (χ2n) is 7.90. The van der Waals surface area contributed by atoms with Gasteiger partial charge in [-0.15, -0.1) is 0 Å². The first kappa shape index (κ1) is 18.9. The Bertz CT molecular complexity index is 839. The highest BCUT2D eigenvalue weighted by atomic mass is 16.2. The Morgan fingerprint density at radius 3 is 2.68 bits per heavy atom. The zero-order valence-corrected chi connectivity index (χ0v) is 17.1. The lowest BCUT2D eigenvalue weighted by molar-refractivity contribution is 0.0726. The summed E-state index contributed by atoms with van der Waals surface area (Å²) in [7, 11) is 2.17. The second-order valence-corrected chi connectivity index (χ2v) is 7.90. The van der Waals surface area contributed by atoms with Crippen molar-refractivity contribution >= 4 is 11.6 Å². The van der Waals surface area contributed by atoms with Crippen molar-refractivity contribution in [3.05, 3.63) is 41.5 Å². The maximum Gasteiger partial charge on any atom is 0.274 e. The van der Waals surface area contributed by atoms with Crippen molar-refractivity contribution in [2.75, 3.05) is 44.7 Å². The number of rotatable bonds is 4. The van der Waals surface area contributed by atoms with Crippen molar-refractivity contribution in [2.24, 2.45) is 0 Å². The molecule has 2 fully saturated rings. The maximum absolute atomic E-state index is 13.1. The lowest BCUT2D eigenvalue weighted by atomic mass is 10.1. The van der Waals surface area contributed by atoms with E-state index in [9.17, 15) is 4.79 Å². The number of carbonyl (C=O) groups excluding carboxylic acids is 1. The first-order valence-corrected chi connectivity index (χ1v) is 10.3. The molecule has 150 valence electrons. The molecular weight excluding hydrogens is 352 g/mol. The van der Waals surface area contributed by atoms with Gasteiger partial charge in [-0.05, 0) is 51.9 Å². The van der Waals surface area contributed by atoms with Gasteiger partial charge in [0.25, 0.3) is 5.91 Å². The number of nitrogens with zero attached hydrogens (tertiary/aromatic N) is 6. The largest absolute Gasteiger partial charge is 0.369 e. The minimum absolute atomic E-state index is 0.0131. The Balaban J connectivity index is 1.57. The molecule has 1 amide bonds. The molecule has 2 aliphatic rings. The van der Waals surface area contributed by atoms with Crippen LogP contribution >= 0.6 is 0 Å². The number of aromatic nitrogens is 3. The summed E-state index contributed by atoms with van der Waals surface area (Å²) in [6.07, 6.45) is 3.83. The van der Waals surface area contributed by atoms with E-state index in [-0.39, 0.29) is 11.9 Å². The molecule has 0 radical (unpaired) electrons. The highest BCUT2D eigenvalue weighted by Gasteiger charge is 2.33. The summed E-state index contributed by atoms with van der Waals surface area (Å²) in [5.41, 5.74) is 3.78. The van der Waals surface area contributed by atoms with Gasteiger partial charge in [0, 0.05) is 56.8 Å². The molecule has 0 N–H and O–H groups in total. The number of amides is 1. The summed E-state index contributed by atoms with van der Waals surface area (Å²) in [6.45, 7) is 9.81. The molecule has 2 aliphatic heterocycles. The van der Waals surface area contributed by atoms with Crippen molar-refractivity contribution in [2.45, 2.75) is 39.3 Å². The second kappa shape index (κ2) is 7.91. The van der Waals surface area contributed by atoms with Crippen LogP contribution in [-0.4, -0.2) is 70.2 Å². The molecule has 28 heavy (non-hydrogen) atoms. The number of pyridine rings is 1. The molecule has 4 heterocycles. The summed E-state index contributed by atoms with van der Waals surface area (Å²) in [5, 5.41) is 4.41. The van der Waals surface area contributed by atoms with Crippen LogP contribution in [0.2, 0.25) is 0 Å². The average molecular weight is 383 g/mol. The molecule has 0 unspecified atom stereocenters. The van der Waals surface area contributed by atoms with E-state index >= 15 is 0 Å². The summed E-state index contributed by atoms with van der Waals surface area (Å²) in [4.78, 5) is 24.6. The number of aryl methyl sites for hydroxylation is 2. The van der Waals surface area contributed by atoms with Gasteiger partial charge in [0.05, 0.1) is 11.7 Å². The Labute approximate surface area is 166 Å². The number of hydrogen-bond donors (Lipinski definition) is 0. The first-order chi connectivity index (χ1) is 13.5. The quantitative estimate of drug-likeness (QED) is 0.812. The Kier molecular flexibility index (Phi) is 5.35. The van der Waals surface area contributed by atoms with Gasteiger partial charge in [-0.2, -0.15) is 5.10 Å². The van der Waals surface area contributed by atoms with Gasteiger partial charge in [0.2, 0.25) is 0 Å². The molecule has 2 aromatic rings. The third kappa shape index (κ3) is 3.76. The zero-order valence-electron chi connectivity index (χ0n) is 17.1. The molecule has 0 bridgehead atoms. The predicted octanol–water partition coefficient (Wildman–Crippen LogP) is 2.34. The van der Waals surface area contributed by atoms with Crippen LogP contribution in [0, 0.1) is 6.92 Å². The summed E-state index contributed by atoms with van der Waals surface area (Å²) in [6, 6.07) is 6.21. The monoisotopic (exact) mass is 382 g/mol. The molecule has 7 nitrogen and oxygen atoms in total. The van der Waals surface area contributed by atoms with E-state index in [1.165, 1.54) is 5.69 Å². The lowest BCUT2D eigenvalue weighted by Crippen LogP contribution is -2.44. The molecule has 2 aromatic heterocycles. The Morgan fingerprint density at radius 2 is 1.96 bits per heavy atom. The van der Waals surface area contributed by atoms with Crippen molar-refractivity contribution in [1.82, 2.24) is 24.6 Å². The van der Waals surface area contributed by atoms with E-state index in [1.54, 1.807) is 4.68 Å². The Morgan fingerprint density at radius 1 is 1.18 bits per heavy atom. The Hall–Kier alpha value is -2.41. The highest BCUT2D eigenvalue weighted by Crippen LogP contribution is 2.34. The smallest absolute Gasteiger partial charge is 0.274 e. The molecule has 0 aliphatic carbocycles. The van der Waals surface area contributed by atoms with Crippen LogP contribution < -0.4 is 4.90 Å². The summed E-state index contributed by atoms with van der Waals surface area (Å²) >= 11 is 0. The van der Waals surface area contributed by atoms with Crippen LogP contribution in [0.25, 0.3) is 0 Å². The van der Waals surface area contributed by atoms with E-state index in [1.807, 2.05) is 31.0 Å². The van der Waals surface area contributed by atoms with Gasteiger partial charge in [-0.3, -0.25) is 14.5 Å². The molecule has 0 saturated carbocycles. The maximum atomic E-state index is 13.1. The molecule has 4 rings (SSSR count). The number of carbonyl (C=O) groups is 1. The van der Waals surface area contributed by atoms with E-state index in [0.717, 1.165) is 63.5 Å². The molecule has 2 saturated heterocycles. The van der Waals surface area contributed by atoms with E-state index in [4.69, 9.17) is 4.98 Å². The fourth-order valence-corrected chi connectivity index (χ4v) is 4.21. The minimum Gasteiger partial charge on any atom is -0.369 e. The standard InChI is InChI=1S/C21H30N6O/c1-4-26-9-7-18(23-26)21(28)27-8-5-6-20(27)19-15-17(14-16(2)22-19)25-12-10-24(3)11-13-25/h7,9,14-15,20H,4-6,8,10-13H2,1-3H3/t20-/m0/s1. The topological polar surface area (TPSA) is 57.5 Å². The van der Waals surface area contributed by atoms with Crippen molar-refractivity contribution in [1.29, 1.82) is 0 Å². The van der Waals surface area contributed by atoms with Crippen molar-refractivity contribution in [3.63, 3.8) is 0 Å². The van der Waals surface area contributed by atoms with Gasteiger partial charge in [0.15, 0.2) is 0 Å². The number of likely N-dealkylation sites (tertiary alicyclic amines) is 1. The van der Waals surface area contributed by atoms with E-state index in [0.29, 0.717) is 5.69 Å². The summed E-state index contributed by atoms with van der Waals surface area (Å²) < 4.78 is 1.80. The SMILES string of the molecule is CCn1ccc(C(=O)N2CCC[C@H]2c2cc(N3CCN(C)CC3)cc(C)n2)n1. The first-order valence-electron chi connectivity index (χ1n) is 10.3. The van der Waals surface area contributed by atoms with Gasteiger partial charge in [-0.25, -0.2) is 0 Å². The number of likely N-dealkylation sites (N-methyl/N-ethyl adjacent to an activating group) is 1. The third-order valence-corrected chi connectivity index (χ3v) is 5.87. The zero-order chi connectivity index (χ0) is 19.7. The highest BCUT2D eigenvalue weighted by molar-refractivity contribution is 5.92. The predicted molar refractivity (Wildman–Crippen MR) is 110 cm³/mol. The summed E-state index contributed by atoms with van der Waals surface area (Å²) in [5.74, 6) is 0.0131. The van der Waals surface area contributed by atoms with Crippen LogP contribution in [0.3, 0.4) is 0 Å². The number of hydrogen-bond acceptors (Lipinski definition) is 5. The van der Waals surface area contributed by atoms with Crippen molar-refractivity contribution in [3.8, 4) is 0 Å². The van der Waals surface area contributed by atoms with Crippen LogP contribution in [0.5, 0.6) is 0 Å². The molecule has 7 heteroatoms. The van der Waals surface area contributed by atoms with Gasteiger partial charge < -0.3 is 14.7 Å². The molecular formula is C21H30N6O. The number of anilines is 1. The van der Waals surface area contributed by atoms with Gasteiger partial charge in [-0.1, -0.05) is 0 Å². The fourth-order valence-electron chi connectivity index (χ4n) is 4.21. The van der Waals surface area contributed by atoms with Crippen molar-refractivity contribution < 1.29 is 4.79 Å². The van der Waals surface area contributed by atoms with Crippen LogP contribution in [0.1, 0.15) is 47.7 Å². The fraction of sp³-hybridized carbons (Fsp3) is 0.571. The average Bonchev–Trinajstić information content (AvgIpc) is 3.37. The lowest BCUT2D eigenvalue weighted by Gasteiger charge is -2.34. The normalized spacial score (nSPS) is 20.8. The van der Waals surface area contributed by atoms with Gasteiger partial charge in [0.1, 0.15) is 5.69 Å². The molecule has 0 aromatic carbocycles. The van der Waals surface area contributed by atoms with Gasteiger partial charge >= 0.3 is 0 Å². The molecule has 1 atom stereocenters. The van der Waals surface area contributed by atoms with E-state index in [2.05, 4.69) is 34.1 Å². The van der Waals surface area contributed by atoms with E-state index < -0.39 is 0 Å². The minimum atomic E-state index is 0.0131. The van der Waals surface area contributed by atoms with Crippen LogP contribution in [0.4, 0.5) is 5.69 Å². The van der Waals surface area contributed by atoms with Crippen LogP contribution in [0.15, 0.2) is 24.4 Å². The third-order valence-electron chi connectivity index (χ3n) is 5.87. The number of piperazine rings is 1. The molecule has 0 spiro atoms.